The minimum Gasteiger partial charge on any atom is -0.493 e. The highest BCUT2D eigenvalue weighted by atomic mass is 32.2. The summed E-state index contributed by atoms with van der Waals surface area (Å²) >= 11 is 2.55. The molecule has 1 aromatic heterocycles. The van der Waals surface area contributed by atoms with Gasteiger partial charge in [-0.1, -0.05) is 42.5 Å². The van der Waals surface area contributed by atoms with Gasteiger partial charge in [0, 0.05) is 33.1 Å². The maximum atomic E-state index is 13.6. The average molecular weight is 738 g/mol. The van der Waals surface area contributed by atoms with E-state index < -0.39 is 23.5 Å². The van der Waals surface area contributed by atoms with E-state index in [1.807, 2.05) is 45.9 Å². The van der Waals surface area contributed by atoms with Crippen LogP contribution in [0, 0.1) is 11.3 Å². The number of nitriles is 1. The first-order valence-electron chi connectivity index (χ1n) is 16.6. The molecular formula is C39H39N5O6S2. The Balaban J connectivity index is 1.25. The van der Waals surface area contributed by atoms with Crippen molar-refractivity contribution in [3.63, 3.8) is 0 Å². The number of hydrogen-bond donors (Lipinski definition) is 3. The molecule has 268 valence electrons. The fourth-order valence-corrected chi connectivity index (χ4v) is 7.24. The van der Waals surface area contributed by atoms with E-state index in [1.165, 1.54) is 23.1 Å². The van der Waals surface area contributed by atoms with Crippen LogP contribution in [0.4, 0.5) is 15.5 Å². The molecule has 0 bridgehead atoms. The summed E-state index contributed by atoms with van der Waals surface area (Å²) in [7, 11) is 0. The molecule has 0 fully saturated rings. The molecule has 4 amide bonds. The average Bonchev–Trinajstić information content (AvgIpc) is 3.47. The van der Waals surface area contributed by atoms with E-state index in [9.17, 15) is 24.4 Å². The first-order valence-corrected chi connectivity index (χ1v) is 18.4. The Labute approximate surface area is 311 Å². The Bertz CT molecular complexity index is 2030. The second-order valence-electron chi connectivity index (χ2n) is 12.6. The van der Waals surface area contributed by atoms with E-state index in [-0.39, 0.29) is 17.4 Å². The largest absolute Gasteiger partial charge is 0.493 e. The van der Waals surface area contributed by atoms with Gasteiger partial charge in [-0.3, -0.25) is 14.4 Å². The standard InChI is InChI=1S/C39H39N5O6S2/c1-5-49-32-17-10-9-14-26(32)20-31(42-35(46)25-12-7-6-8-13-25)36(47)41-27-15-11-16-28(21-27)51-24-34(45)43-37-30(22-40)29-18-19-44(23-33(29)52-37)38(48)50-39(2,3)4/h6-17,20-21H,5,18-19,23-24H2,1-4H3,(H,41,47)(H,42,46)(H,43,45)/b31-20+. The lowest BCUT2D eigenvalue weighted by molar-refractivity contribution is -0.114. The minimum absolute atomic E-state index is 0.0135. The summed E-state index contributed by atoms with van der Waals surface area (Å²) in [5.41, 5.74) is 2.12. The molecule has 1 aliphatic rings. The van der Waals surface area contributed by atoms with Crippen molar-refractivity contribution in [3.8, 4) is 11.8 Å². The Hall–Kier alpha value is -5.58. The number of rotatable bonds is 11. The molecule has 13 heteroatoms. The van der Waals surface area contributed by atoms with Gasteiger partial charge in [-0.2, -0.15) is 5.26 Å². The van der Waals surface area contributed by atoms with E-state index in [4.69, 9.17) is 9.47 Å². The summed E-state index contributed by atoms with van der Waals surface area (Å²) in [5, 5.41) is 18.8. The Morgan fingerprint density at radius 1 is 1.00 bits per heavy atom. The van der Waals surface area contributed by atoms with Crippen molar-refractivity contribution in [2.24, 2.45) is 0 Å². The smallest absolute Gasteiger partial charge is 0.410 e. The molecule has 0 spiro atoms. The van der Waals surface area contributed by atoms with Crippen LogP contribution in [-0.2, 0) is 27.3 Å². The highest BCUT2D eigenvalue weighted by molar-refractivity contribution is 8.00. The molecule has 1 aliphatic heterocycles. The number of thiophene rings is 1. The van der Waals surface area contributed by atoms with Crippen LogP contribution in [-0.4, -0.2) is 53.2 Å². The van der Waals surface area contributed by atoms with Crippen molar-refractivity contribution in [2.75, 3.05) is 29.5 Å². The van der Waals surface area contributed by atoms with Crippen LogP contribution in [0.15, 0.2) is 89.5 Å². The van der Waals surface area contributed by atoms with Gasteiger partial charge >= 0.3 is 6.09 Å². The van der Waals surface area contributed by atoms with Gasteiger partial charge < -0.3 is 30.3 Å². The van der Waals surface area contributed by atoms with E-state index in [0.29, 0.717) is 64.1 Å². The van der Waals surface area contributed by atoms with E-state index in [0.717, 1.165) is 10.4 Å². The number of fused-ring (bicyclic) bond motifs is 1. The van der Waals surface area contributed by atoms with Crippen molar-refractivity contribution in [1.29, 1.82) is 5.26 Å². The normalized spacial score (nSPS) is 12.6. The van der Waals surface area contributed by atoms with Crippen LogP contribution < -0.4 is 20.7 Å². The highest BCUT2D eigenvalue weighted by Gasteiger charge is 2.30. The molecule has 0 atom stereocenters. The summed E-state index contributed by atoms with van der Waals surface area (Å²) in [6, 6.07) is 25.0. The lowest BCUT2D eigenvalue weighted by atomic mass is 10.0. The summed E-state index contributed by atoms with van der Waals surface area (Å²) in [5.74, 6) is -0.695. The molecule has 3 aromatic carbocycles. The third-order valence-corrected chi connectivity index (χ3v) is 9.71. The first-order chi connectivity index (χ1) is 24.9. The number of nitrogens with zero attached hydrogens (tertiary/aromatic N) is 2. The Morgan fingerprint density at radius 2 is 1.75 bits per heavy atom. The molecule has 11 nitrogen and oxygen atoms in total. The fraction of sp³-hybridized carbons (Fsp3) is 0.256. The van der Waals surface area contributed by atoms with Crippen molar-refractivity contribution in [3.05, 3.63) is 112 Å². The van der Waals surface area contributed by atoms with Crippen LogP contribution >= 0.6 is 23.1 Å². The van der Waals surface area contributed by atoms with Crippen molar-refractivity contribution >= 4 is 63.7 Å². The summed E-state index contributed by atoms with van der Waals surface area (Å²) in [6.07, 6.45) is 1.64. The first kappa shape index (κ1) is 37.7. The van der Waals surface area contributed by atoms with Gasteiger partial charge in [0.05, 0.1) is 24.5 Å². The van der Waals surface area contributed by atoms with Gasteiger partial charge in [-0.25, -0.2) is 4.79 Å². The SMILES string of the molecule is CCOc1ccccc1/C=C(/NC(=O)c1ccccc1)C(=O)Nc1cccc(SCC(=O)Nc2sc3c(c2C#N)CCN(C(=O)OC(C)(C)C)C3)c1. The number of anilines is 2. The Kier molecular flexibility index (Phi) is 12.4. The molecular weight excluding hydrogens is 699 g/mol. The summed E-state index contributed by atoms with van der Waals surface area (Å²) in [6.45, 7) is 8.44. The number of amides is 4. The summed E-state index contributed by atoms with van der Waals surface area (Å²) in [4.78, 5) is 55.6. The second kappa shape index (κ2) is 17.1. The van der Waals surface area contributed by atoms with Gasteiger partial charge in [0.25, 0.3) is 11.8 Å². The number of carbonyl (C=O) groups excluding carboxylic acids is 4. The predicted molar refractivity (Wildman–Crippen MR) is 203 cm³/mol. The third-order valence-electron chi connectivity index (χ3n) is 7.58. The molecule has 3 N–H and O–H groups in total. The molecule has 0 aliphatic carbocycles. The number of hydrogen-bond acceptors (Lipinski definition) is 9. The number of ether oxygens (including phenoxy) is 2. The highest BCUT2D eigenvalue weighted by Crippen LogP contribution is 2.37. The fourth-order valence-electron chi connectivity index (χ4n) is 5.25. The van der Waals surface area contributed by atoms with Crippen molar-refractivity contribution in [1.82, 2.24) is 10.2 Å². The van der Waals surface area contributed by atoms with Crippen LogP contribution in [0.3, 0.4) is 0 Å². The van der Waals surface area contributed by atoms with E-state index in [2.05, 4.69) is 22.0 Å². The number of thioether (sulfide) groups is 1. The molecule has 5 rings (SSSR count). The molecule has 0 unspecified atom stereocenters. The predicted octanol–water partition coefficient (Wildman–Crippen LogP) is 7.45. The zero-order chi connectivity index (χ0) is 37.3. The van der Waals surface area contributed by atoms with Crippen LogP contribution in [0.2, 0.25) is 0 Å². The second-order valence-corrected chi connectivity index (χ2v) is 14.8. The van der Waals surface area contributed by atoms with Crippen molar-refractivity contribution in [2.45, 2.75) is 51.2 Å². The molecule has 4 aromatic rings. The van der Waals surface area contributed by atoms with Gasteiger partial charge in [-0.05, 0) is 82.2 Å². The molecule has 52 heavy (non-hydrogen) atoms. The maximum absolute atomic E-state index is 13.6. The minimum atomic E-state index is -0.622. The van der Waals surface area contributed by atoms with E-state index >= 15 is 0 Å². The molecule has 0 saturated heterocycles. The van der Waals surface area contributed by atoms with E-state index in [1.54, 1.807) is 71.6 Å². The van der Waals surface area contributed by atoms with Gasteiger partial charge in [0.1, 0.15) is 28.1 Å². The van der Waals surface area contributed by atoms with Crippen LogP contribution in [0.1, 0.15) is 59.6 Å². The number of benzene rings is 3. The monoisotopic (exact) mass is 737 g/mol. The zero-order valence-corrected chi connectivity index (χ0v) is 30.9. The Morgan fingerprint density at radius 3 is 2.48 bits per heavy atom. The van der Waals surface area contributed by atoms with Crippen LogP contribution in [0.5, 0.6) is 5.75 Å². The molecule has 2 heterocycles. The topological polar surface area (TPSA) is 150 Å². The molecule has 0 radical (unpaired) electrons. The summed E-state index contributed by atoms with van der Waals surface area (Å²) < 4.78 is 11.2. The number of nitrogens with one attached hydrogen (secondary N) is 3. The molecule has 0 saturated carbocycles. The van der Waals surface area contributed by atoms with Crippen LogP contribution in [0.25, 0.3) is 6.08 Å². The lowest BCUT2D eigenvalue weighted by Gasteiger charge is -2.29. The van der Waals surface area contributed by atoms with Gasteiger partial charge in [0.2, 0.25) is 5.91 Å². The van der Waals surface area contributed by atoms with Gasteiger partial charge in [-0.15, -0.1) is 23.1 Å². The number of para-hydroxylation sites is 1. The quantitative estimate of drug-likeness (QED) is 0.106. The maximum Gasteiger partial charge on any atom is 0.410 e. The third kappa shape index (κ3) is 10.0. The van der Waals surface area contributed by atoms with Gasteiger partial charge in [0.15, 0.2) is 0 Å². The number of carbonyl (C=O) groups is 4. The van der Waals surface area contributed by atoms with Crippen molar-refractivity contribution < 1.29 is 28.7 Å². The lowest BCUT2D eigenvalue weighted by Crippen LogP contribution is -2.39. The zero-order valence-electron chi connectivity index (χ0n) is 29.3.